The molecule has 0 fully saturated rings. The third kappa shape index (κ3) is 3.86. The SMILES string of the molecule is COc1ccc(NC(N)=NCCc2c[nH]c3cccc(OC)c23)cc1Cl. The van der Waals surface area contributed by atoms with Crippen LogP contribution in [0.5, 0.6) is 11.5 Å². The van der Waals surface area contributed by atoms with Gasteiger partial charge in [-0.05, 0) is 42.3 Å². The monoisotopic (exact) mass is 372 g/mol. The minimum atomic E-state index is 0.332. The summed E-state index contributed by atoms with van der Waals surface area (Å²) in [5, 5.41) is 4.62. The number of methoxy groups -OCH3 is 2. The fourth-order valence-corrected chi connectivity index (χ4v) is 3.07. The van der Waals surface area contributed by atoms with E-state index in [1.807, 2.05) is 30.5 Å². The van der Waals surface area contributed by atoms with Gasteiger partial charge in [0.1, 0.15) is 11.5 Å². The van der Waals surface area contributed by atoms with E-state index in [1.54, 1.807) is 26.4 Å². The van der Waals surface area contributed by atoms with E-state index in [0.29, 0.717) is 23.3 Å². The van der Waals surface area contributed by atoms with Crippen molar-refractivity contribution in [1.29, 1.82) is 0 Å². The molecular formula is C19H21ClN4O2. The number of nitrogens with two attached hydrogens (primary N) is 1. The van der Waals surface area contributed by atoms with Crippen LogP contribution in [-0.4, -0.2) is 31.7 Å². The summed E-state index contributed by atoms with van der Waals surface area (Å²) in [5.74, 6) is 1.79. The topological polar surface area (TPSA) is 84.7 Å². The number of halogens is 1. The Bertz CT molecular complexity index is 936. The van der Waals surface area contributed by atoms with E-state index in [2.05, 4.69) is 15.3 Å². The third-order valence-electron chi connectivity index (χ3n) is 4.06. The van der Waals surface area contributed by atoms with Crippen LogP contribution >= 0.6 is 11.6 Å². The molecule has 0 radical (unpaired) electrons. The second-order valence-electron chi connectivity index (χ2n) is 5.69. The molecule has 3 aromatic rings. The Hall–Kier alpha value is -2.86. The zero-order chi connectivity index (χ0) is 18.5. The van der Waals surface area contributed by atoms with E-state index in [0.717, 1.165) is 34.3 Å². The van der Waals surface area contributed by atoms with Gasteiger partial charge in [-0.3, -0.25) is 4.99 Å². The highest BCUT2D eigenvalue weighted by atomic mass is 35.5. The van der Waals surface area contributed by atoms with Crippen molar-refractivity contribution in [3.8, 4) is 11.5 Å². The zero-order valence-corrected chi connectivity index (χ0v) is 15.4. The number of aromatic nitrogens is 1. The Morgan fingerprint density at radius 3 is 2.73 bits per heavy atom. The lowest BCUT2D eigenvalue weighted by Crippen LogP contribution is -2.23. The van der Waals surface area contributed by atoms with Crippen molar-refractivity contribution in [2.75, 3.05) is 26.1 Å². The number of benzene rings is 2. The summed E-state index contributed by atoms with van der Waals surface area (Å²) in [5.41, 5.74) is 8.91. The first kappa shape index (κ1) is 17.9. The van der Waals surface area contributed by atoms with E-state index in [1.165, 1.54) is 0 Å². The molecule has 0 aliphatic carbocycles. The van der Waals surface area contributed by atoms with Gasteiger partial charge in [0.2, 0.25) is 0 Å². The molecule has 136 valence electrons. The number of aliphatic imine (C=N–C) groups is 1. The van der Waals surface area contributed by atoms with Crippen LogP contribution in [0.2, 0.25) is 5.02 Å². The van der Waals surface area contributed by atoms with E-state index >= 15 is 0 Å². The summed E-state index contributed by atoms with van der Waals surface area (Å²) in [7, 11) is 3.25. The molecule has 26 heavy (non-hydrogen) atoms. The van der Waals surface area contributed by atoms with E-state index in [9.17, 15) is 0 Å². The van der Waals surface area contributed by atoms with Crippen LogP contribution in [0.25, 0.3) is 10.9 Å². The van der Waals surface area contributed by atoms with Crippen LogP contribution in [0, 0.1) is 0 Å². The Kier molecular flexibility index (Phi) is 5.53. The standard InChI is InChI=1S/C19H21ClN4O2/c1-25-16-7-6-13(10-14(16)20)24-19(21)22-9-8-12-11-23-15-4-3-5-17(26-2)18(12)15/h3-7,10-11,23H,8-9H2,1-2H3,(H3,21,22,24). The van der Waals surface area contributed by atoms with Gasteiger partial charge in [-0.2, -0.15) is 0 Å². The molecule has 1 heterocycles. The highest BCUT2D eigenvalue weighted by Crippen LogP contribution is 2.29. The molecule has 6 nitrogen and oxygen atoms in total. The average Bonchev–Trinajstić information content (AvgIpc) is 3.05. The van der Waals surface area contributed by atoms with Crippen LogP contribution in [0.1, 0.15) is 5.56 Å². The smallest absolute Gasteiger partial charge is 0.193 e. The number of nitrogens with one attached hydrogen (secondary N) is 2. The van der Waals surface area contributed by atoms with Gasteiger partial charge in [-0.1, -0.05) is 17.7 Å². The predicted octanol–water partition coefficient (Wildman–Crippen LogP) is 3.81. The average molecular weight is 373 g/mol. The molecule has 7 heteroatoms. The first-order chi connectivity index (χ1) is 12.6. The van der Waals surface area contributed by atoms with Gasteiger partial charge in [0.15, 0.2) is 5.96 Å². The van der Waals surface area contributed by atoms with Gasteiger partial charge in [0.25, 0.3) is 0 Å². The van der Waals surface area contributed by atoms with Gasteiger partial charge in [-0.25, -0.2) is 0 Å². The number of hydrogen-bond acceptors (Lipinski definition) is 3. The minimum Gasteiger partial charge on any atom is -0.496 e. The molecule has 0 amide bonds. The molecule has 0 atom stereocenters. The Labute approximate surface area is 157 Å². The highest BCUT2D eigenvalue weighted by Gasteiger charge is 2.08. The van der Waals surface area contributed by atoms with Crippen LogP contribution < -0.4 is 20.5 Å². The fourth-order valence-electron chi connectivity index (χ4n) is 2.82. The number of ether oxygens (including phenoxy) is 2. The summed E-state index contributed by atoms with van der Waals surface area (Å²) in [4.78, 5) is 7.64. The zero-order valence-electron chi connectivity index (χ0n) is 14.7. The molecule has 4 N–H and O–H groups in total. The lowest BCUT2D eigenvalue weighted by molar-refractivity contribution is 0.415. The quantitative estimate of drug-likeness (QED) is 0.453. The van der Waals surface area contributed by atoms with E-state index < -0.39 is 0 Å². The molecular weight excluding hydrogens is 352 g/mol. The molecule has 0 bridgehead atoms. The molecule has 0 aliphatic heterocycles. The van der Waals surface area contributed by atoms with Crippen molar-refractivity contribution in [2.24, 2.45) is 10.7 Å². The first-order valence-corrected chi connectivity index (χ1v) is 8.53. The summed E-state index contributed by atoms with van der Waals surface area (Å²) in [6, 6.07) is 11.3. The second-order valence-corrected chi connectivity index (χ2v) is 6.10. The first-order valence-electron chi connectivity index (χ1n) is 8.16. The van der Waals surface area contributed by atoms with Crippen molar-refractivity contribution in [3.63, 3.8) is 0 Å². The number of anilines is 1. The maximum absolute atomic E-state index is 6.11. The number of fused-ring (bicyclic) bond motifs is 1. The minimum absolute atomic E-state index is 0.332. The molecule has 0 saturated heterocycles. The van der Waals surface area contributed by atoms with Crippen molar-refractivity contribution in [1.82, 2.24) is 4.98 Å². The molecule has 0 spiro atoms. The largest absolute Gasteiger partial charge is 0.496 e. The maximum atomic E-state index is 6.11. The number of nitrogens with zero attached hydrogens (tertiary/aromatic N) is 1. The van der Waals surface area contributed by atoms with Crippen LogP contribution in [0.15, 0.2) is 47.6 Å². The lowest BCUT2D eigenvalue weighted by Gasteiger charge is -2.08. The number of H-pyrrole nitrogens is 1. The number of aromatic amines is 1. The normalized spacial score (nSPS) is 11.6. The second kappa shape index (κ2) is 8.01. The van der Waals surface area contributed by atoms with E-state index in [-0.39, 0.29) is 0 Å². The summed E-state index contributed by atoms with van der Waals surface area (Å²) < 4.78 is 10.6. The third-order valence-corrected chi connectivity index (χ3v) is 4.35. The molecule has 0 aliphatic rings. The molecule has 2 aromatic carbocycles. The fraction of sp³-hybridized carbons (Fsp3) is 0.211. The van der Waals surface area contributed by atoms with Crippen molar-refractivity contribution >= 4 is 34.2 Å². The number of rotatable bonds is 6. The van der Waals surface area contributed by atoms with Crippen molar-refractivity contribution < 1.29 is 9.47 Å². The Balaban J connectivity index is 1.66. The van der Waals surface area contributed by atoms with Crippen molar-refractivity contribution in [2.45, 2.75) is 6.42 Å². The molecule has 1 aromatic heterocycles. The van der Waals surface area contributed by atoms with Crippen molar-refractivity contribution in [3.05, 3.63) is 53.2 Å². The number of guanidine groups is 1. The van der Waals surface area contributed by atoms with Crippen LogP contribution in [0.4, 0.5) is 5.69 Å². The molecule has 0 unspecified atom stereocenters. The Morgan fingerprint density at radius 2 is 2.00 bits per heavy atom. The van der Waals surface area contributed by atoms with Crippen LogP contribution in [-0.2, 0) is 6.42 Å². The highest BCUT2D eigenvalue weighted by molar-refractivity contribution is 6.32. The molecule has 3 rings (SSSR count). The molecule has 0 saturated carbocycles. The van der Waals surface area contributed by atoms with Gasteiger partial charge in [0.05, 0.1) is 19.2 Å². The number of hydrogen-bond donors (Lipinski definition) is 3. The van der Waals surface area contributed by atoms with Gasteiger partial charge in [-0.15, -0.1) is 0 Å². The lowest BCUT2D eigenvalue weighted by atomic mass is 10.1. The van der Waals surface area contributed by atoms with E-state index in [4.69, 9.17) is 26.8 Å². The predicted molar refractivity (Wildman–Crippen MR) is 107 cm³/mol. The van der Waals surface area contributed by atoms with Gasteiger partial charge < -0.3 is 25.5 Å². The van der Waals surface area contributed by atoms with Gasteiger partial charge >= 0.3 is 0 Å². The summed E-state index contributed by atoms with van der Waals surface area (Å²) in [6.45, 7) is 0.549. The maximum Gasteiger partial charge on any atom is 0.193 e. The van der Waals surface area contributed by atoms with Crippen LogP contribution in [0.3, 0.4) is 0 Å². The summed E-state index contributed by atoms with van der Waals surface area (Å²) >= 11 is 6.11. The summed E-state index contributed by atoms with van der Waals surface area (Å²) in [6.07, 6.45) is 2.72. The van der Waals surface area contributed by atoms with Gasteiger partial charge in [0, 0.05) is 29.3 Å². The Morgan fingerprint density at radius 1 is 1.19 bits per heavy atom.